The summed E-state index contributed by atoms with van der Waals surface area (Å²) in [6.45, 7) is 4.10. The molecular weight excluding hydrogens is 296 g/mol. The maximum Gasteiger partial charge on any atom is 0.0361 e. The first-order valence-corrected chi connectivity index (χ1v) is 7.41. The molecule has 0 radical (unpaired) electrons. The van der Waals surface area contributed by atoms with E-state index in [9.17, 15) is 0 Å². The number of nitrogens with one attached hydrogen (secondary N) is 1. The minimum Gasteiger partial charge on any atom is -0.313 e. The third-order valence-corrected chi connectivity index (χ3v) is 4.18. The Bertz CT molecular complexity index is 482. The first-order valence-electron chi connectivity index (χ1n) is 5.68. The van der Waals surface area contributed by atoms with E-state index in [1.807, 2.05) is 12.4 Å². The van der Waals surface area contributed by atoms with Gasteiger partial charge in [0.2, 0.25) is 0 Å². The summed E-state index contributed by atoms with van der Waals surface area (Å²) in [6, 6.07) is 2.20. The van der Waals surface area contributed by atoms with Crippen molar-refractivity contribution in [2.45, 2.75) is 19.9 Å². The molecule has 2 heterocycles. The summed E-state index contributed by atoms with van der Waals surface area (Å²) in [6.07, 6.45) is 4.99. The van der Waals surface area contributed by atoms with Crippen LogP contribution < -0.4 is 5.32 Å². The zero-order valence-corrected chi connectivity index (χ0v) is 12.1. The predicted molar refractivity (Wildman–Crippen MR) is 77.2 cm³/mol. The highest BCUT2D eigenvalue weighted by atomic mass is 79.9. The Kier molecular flexibility index (Phi) is 4.71. The number of pyridine rings is 1. The molecule has 0 atom stereocenters. The first-order chi connectivity index (χ1) is 8.31. The van der Waals surface area contributed by atoms with Crippen LogP contribution in [-0.4, -0.2) is 11.5 Å². The number of halogens is 1. The predicted octanol–water partition coefficient (Wildman–Crippen LogP) is 4.07. The number of hydrogen-bond acceptors (Lipinski definition) is 3. The molecule has 0 aliphatic rings. The van der Waals surface area contributed by atoms with E-state index in [0.717, 1.165) is 24.0 Å². The fourth-order valence-electron chi connectivity index (χ4n) is 1.63. The quantitative estimate of drug-likeness (QED) is 0.842. The van der Waals surface area contributed by atoms with Gasteiger partial charge in [0, 0.05) is 39.9 Å². The van der Waals surface area contributed by atoms with Crippen LogP contribution in [0.3, 0.4) is 0 Å². The van der Waals surface area contributed by atoms with Crippen LogP contribution in [0, 0.1) is 0 Å². The highest BCUT2D eigenvalue weighted by Crippen LogP contribution is 2.31. The van der Waals surface area contributed by atoms with Crippen LogP contribution in [0.25, 0.3) is 11.1 Å². The molecule has 0 bridgehead atoms. The summed E-state index contributed by atoms with van der Waals surface area (Å²) in [5, 5.41) is 7.63. The van der Waals surface area contributed by atoms with Crippen LogP contribution in [0.1, 0.15) is 18.9 Å². The van der Waals surface area contributed by atoms with E-state index < -0.39 is 0 Å². The van der Waals surface area contributed by atoms with Gasteiger partial charge in [-0.05, 0) is 45.9 Å². The topological polar surface area (TPSA) is 24.9 Å². The van der Waals surface area contributed by atoms with Gasteiger partial charge in [-0.1, -0.05) is 6.92 Å². The largest absolute Gasteiger partial charge is 0.313 e. The van der Waals surface area contributed by atoms with E-state index in [0.29, 0.717) is 0 Å². The average Bonchev–Trinajstić information content (AvgIpc) is 2.76. The van der Waals surface area contributed by atoms with Crippen LogP contribution in [-0.2, 0) is 6.54 Å². The van der Waals surface area contributed by atoms with Crippen molar-refractivity contribution in [2.75, 3.05) is 6.54 Å². The molecule has 2 rings (SSSR count). The highest BCUT2D eigenvalue weighted by Gasteiger charge is 2.05. The van der Waals surface area contributed by atoms with Gasteiger partial charge in [-0.2, -0.15) is 11.3 Å². The van der Waals surface area contributed by atoms with Gasteiger partial charge in [-0.25, -0.2) is 0 Å². The maximum atomic E-state index is 4.30. The lowest BCUT2D eigenvalue weighted by Crippen LogP contribution is -2.13. The van der Waals surface area contributed by atoms with Gasteiger partial charge in [0.1, 0.15) is 0 Å². The SMILES string of the molecule is CCCNCc1cncc(-c2cscc2Br)c1. The Morgan fingerprint density at radius 3 is 2.94 bits per heavy atom. The Labute approximate surface area is 114 Å². The Morgan fingerprint density at radius 1 is 1.35 bits per heavy atom. The molecule has 0 aliphatic heterocycles. The molecule has 17 heavy (non-hydrogen) atoms. The fraction of sp³-hybridized carbons (Fsp3) is 0.308. The molecule has 0 aromatic carbocycles. The number of nitrogens with zero attached hydrogens (tertiary/aromatic N) is 1. The first kappa shape index (κ1) is 12.7. The van der Waals surface area contributed by atoms with E-state index in [4.69, 9.17) is 0 Å². The zero-order valence-electron chi connectivity index (χ0n) is 9.74. The number of hydrogen-bond donors (Lipinski definition) is 1. The van der Waals surface area contributed by atoms with Gasteiger partial charge < -0.3 is 5.32 Å². The van der Waals surface area contributed by atoms with E-state index in [2.05, 4.69) is 50.0 Å². The minimum absolute atomic E-state index is 0.885. The summed E-state index contributed by atoms with van der Waals surface area (Å²) in [5.41, 5.74) is 3.63. The number of aromatic nitrogens is 1. The van der Waals surface area contributed by atoms with Crippen LogP contribution in [0.2, 0.25) is 0 Å². The van der Waals surface area contributed by atoms with E-state index in [-0.39, 0.29) is 0 Å². The standard InChI is InChI=1S/C13H15BrN2S/c1-2-3-15-5-10-4-11(7-16-6-10)12-8-17-9-13(12)14/h4,6-9,15H,2-3,5H2,1H3. The van der Waals surface area contributed by atoms with E-state index in [1.165, 1.54) is 16.7 Å². The fourth-order valence-corrected chi connectivity index (χ4v) is 3.16. The van der Waals surface area contributed by atoms with Crippen molar-refractivity contribution < 1.29 is 0 Å². The molecule has 0 unspecified atom stereocenters. The Morgan fingerprint density at radius 2 is 2.24 bits per heavy atom. The molecule has 0 aliphatic carbocycles. The lowest BCUT2D eigenvalue weighted by molar-refractivity contribution is 0.674. The van der Waals surface area contributed by atoms with Crippen molar-refractivity contribution >= 4 is 27.3 Å². The average molecular weight is 311 g/mol. The highest BCUT2D eigenvalue weighted by molar-refractivity contribution is 9.10. The lowest BCUT2D eigenvalue weighted by Gasteiger charge is -2.05. The third-order valence-electron chi connectivity index (χ3n) is 2.48. The molecule has 0 saturated carbocycles. The minimum atomic E-state index is 0.885. The van der Waals surface area contributed by atoms with Crippen molar-refractivity contribution in [3.63, 3.8) is 0 Å². The molecule has 90 valence electrons. The van der Waals surface area contributed by atoms with Crippen LogP contribution in [0.4, 0.5) is 0 Å². The summed E-state index contributed by atoms with van der Waals surface area (Å²) < 4.78 is 1.14. The molecule has 0 spiro atoms. The zero-order chi connectivity index (χ0) is 12.1. The smallest absolute Gasteiger partial charge is 0.0361 e. The summed E-state index contributed by atoms with van der Waals surface area (Å²) in [5.74, 6) is 0. The molecular formula is C13H15BrN2S. The molecule has 4 heteroatoms. The van der Waals surface area contributed by atoms with Gasteiger partial charge in [0.15, 0.2) is 0 Å². The van der Waals surface area contributed by atoms with Crippen LogP contribution >= 0.6 is 27.3 Å². The monoisotopic (exact) mass is 310 g/mol. The molecule has 2 nitrogen and oxygen atoms in total. The van der Waals surface area contributed by atoms with Crippen molar-refractivity contribution in [1.29, 1.82) is 0 Å². The van der Waals surface area contributed by atoms with Gasteiger partial charge in [-0.3, -0.25) is 4.98 Å². The van der Waals surface area contributed by atoms with Gasteiger partial charge in [0.25, 0.3) is 0 Å². The normalized spacial score (nSPS) is 10.7. The number of thiophene rings is 1. The summed E-state index contributed by atoms with van der Waals surface area (Å²) in [7, 11) is 0. The van der Waals surface area contributed by atoms with E-state index >= 15 is 0 Å². The molecule has 0 saturated heterocycles. The molecule has 2 aromatic heterocycles. The Hall–Kier alpha value is -0.710. The van der Waals surface area contributed by atoms with Crippen LogP contribution in [0.15, 0.2) is 33.7 Å². The van der Waals surface area contributed by atoms with Crippen molar-refractivity contribution in [3.8, 4) is 11.1 Å². The number of rotatable bonds is 5. The maximum absolute atomic E-state index is 4.30. The second-order valence-corrected chi connectivity index (χ2v) is 5.49. The van der Waals surface area contributed by atoms with Gasteiger partial charge in [0.05, 0.1) is 0 Å². The van der Waals surface area contributed by atoms with Gasteiger partial charge in [-0.15, -0.1) is 0 Å². The molecule has 1 N–H and O–H groups in total. The summed E-state index contributed by atoms with van der Waals surface area (Å²) >= 11 is 5.26. The third kappa shape index (κ3) is 3.37. The second kappa shape index (κ2) is 6.28. The molecule has 2 aromatic rings. The van der Waals surface area contributed by atoms with E-state index in [1.54, 1.807) is 11.3 Å². The lowest BCUT2D eigenvalue weighted by atomic mass is 10.1. The van der Waals surface area contributed by atoms with Crippen molar-refractivity contribution in [2.24, 2.45) is 0 Å². The molecule has 0 fully saturated rings. The van der Waals surface area contributed by atoms with Crippen LogP contribution in [0.5, 0.6) is 0 Å². The van der Waals surface area contributed by atoms with Gasteiger partial charge >= 0.3 is 0 Å². The Balaban J connectivity index is 2.14. The summed E-state index contributed by atoms with van der Waals surface area (Å²) in [4.78, 5) is 4.30. The second-order valence-electron chi connectivity index (χ2n) is 3.89. The van der Waals surface area contributed by atoms with Crippen molar-refractivity contribution in [3.05, 3.63) is 39.3 Å². The van der Waals surface area contributed by atoms with Crippen molar-refractivity contribution in [1.82, 2.24) is 10.3 Å². The molecule has 0 amide bonds.